The van der Waals surface area contributed by atoms with Gasteiger partial charge in [-0.25, -0.2) is 9.67 Å². The average Bonchev–Trinajstić information content (AvgIpc) is 3.47. The first-order valence-corrected chi connectivity index (χ1v) is 10.7. The van der Waals surface area contributed by atoms with Crippen LogP contribution in [0.25, 0.3) is 16.3 Å². The largest absolute Gasteiger partial charge is 0.333 e. The van der Waals surface area contributed by atoms with Crippen LogP contribution in [-0.2, 0) is 0 Å². The second-order valence-electron chi connectivity index (χ2n) is 6.81. The number of para-hydroxylation sites is 1. The Hall–Kier alpha value is -2.22. The highest BCUT2D eigenvalue weighted by Gasteiger charge is 2.28. The molecule has 1 saturated heterocycles. The highest BCUT2D eigenvalue weighted by Crippen LogP contribution is 2.27. The molecule has 3 aromatic rings. The van der Waals surface area contributed by atoms with E-state index in [4.69, 9.17) is 11.6 Å². The maximum atomic E-state index is 13.0. The number of benzene rings is 1. The number of thiazole rings is 1. The first kappa shape index (κ1) is 19.1. The van der Waals surface area contributed by atoms with E-state index in [1.165, 1.54) is 11.3 Å². The Balaban J connectivity index is 1.56. The molecular weight excluding hydrogens is 394 g/mol. The molecule has 1 fully saturated rings. The maximum Gasteiger partial charge on any atom is 0.273 e. The summed E-state index contributed by atoms with van der Waals surface area (Å²) in [5, 5.41) is 11.0. The second-order valence-corrected chi connectivity index (χ2v) is 8.07. The normalized spacial score (nSPS) is 16.4. The molecule has 0 radical (unpaired) electrons. The van der Waals surface area contributed by atoms with Crippen LogP contribution in [0.2, 0.25) is 5.02 Å². The summed E-state index contributed by atoms with van der Waals surface area (Å²) in [5.41, 5.74) is 2.19. The van der Waals surface area contributed by atoms with E-state index in [0.717, 1.165) is 48.7 Å². The van der Waals surface area contributed by atoms with Crippen molar-refractivity contribution in [3.63, 3.8) is 0 Å². The first-order chi connectivity index (χ1) is 13.7. The van der Waals surface area contributed by atoms with Gasteiger partial charge in [0.15, 0.2) is 0 Å². The van der Waals surface area contributed by atoms with Crippen LogP contribution in [0.1, 0.15) is 30.3 Å². The third kappa shape index (κ3) is 3.83. The fourth-order valence-electron chi connectivity index (χ4n) is 3.45. The van der Waals surface area contributed by atoms with E-state index < -0.39 is 0 Å². The van der Waals surface area contributed by atoms with E-state index in [2.05, 4.69) is 22.3 Å². The van der Waals surface area contributed by atoms with Crippen molar-refractivity contribution in [2.45, 2.75) is 25.8 Å². The lowest BCUT2D eigenvalue weighted by molar-refractivity contribution is 0.0687. The van der Waals surface area contributed by atoms with Gasteiger partial charge in [0.2, 0.25) is 0 Å². The van der Waals surface area contributed by atoms with Crippen LogP contribution in [0, 0.1) is 0 Å². The van der Waals surface area contributed by atoms with Crippen molar-refractivity contribution in [2.24, 2.45) is 0 Å². The summed E-state index contributed by atoms with van der Waals surface area (Å²) in [6.45, 7) is 4.66. The number of nitrogens with zero attached hydrogens (tertiary/aromatic N) is 4. The van der Waals surface area contributed by atoms with Crippen LogP contribution < -0.4 is 5.32 Å². The molecule has 2 aromatic heterocycles. The topological polar surface area (TPSA) is 63.1 Å². The molecule has 0 aliphatic carbocycles. The second kappa shape index (κ2) is 8.43. The van der Waals surface area contributed by atoms with Gasteiger partial charge in [-0.15, -0.1) is 11.3 Å². The van der Waals surface area contributed by atoms with Crippen LogP contribution in [0.5, 0.6) is 0 Å². The minimum absolute atomic E-state index is 0.0107. The third-order valence-corrected chi connectivity index (χ3v) is 6.06. The molecular formula is C20H22ClN5OS. The Bertz CT molecular complexity index is 963. The summed E-state index contributed by atoms with van der Waals surface area (Å²) < 4.78 is 1.73. The summed E-state index contributed by atoms with van der Waals surface area (Å²) in [7, 11) is 0. The number of carbonyl (C=O) groups is 1. The molecule has 0 saturated carbocycles. The third-order valence-electron chi connectivity index (χ3n) is 4.85. The van der Waals surface area contributed by atoms with E-state index >= 15 is 0 Å². The average molecular weight is 416 g/mol. The van der Waals surface area contributed by atoms with Gasteiger partial charge in [-0.2, -0.15) is 5.10 Å². The molecule has 6 nitrogen and oxygen atoms in total. The first-order valence-electron chi connectivity index (χ1n) is 9.44. The van der Waals surface area contributed by atoms with E-state index in [0.29, 0.717) is 10.7 Å². The number of rotatable bonds is 6. The van der Waals surface area contributed by atoms with Crippen LogP contribution >= 0.6 is 22.9 Å². The molecule has 1 N–H and O–H groups in total. The van der Waals surface area contributed by atoms with Crippen molar-refractivity contribution in [1.29, 1.82) is 0 Å². The van der Waals surface area contributed by atoms with Crippen molar-refractivity contribution in [2.75, 3.05) is 19.6 Å². The van der Waals surface area contributed by atoms with Crippen molar-refractivity contribution in [1.82, 2.24) is 25.0 Å². The predicted molar refractivity (Wildman–Crippen MR) is 112 cm³/mol. The molecule has 3 heterocycles. The molecule has 1 amide bonds. The standard InChI is InChI=1S/C20H22ClN5OS/c1-2-9-25(15-7-8-22-11-15)20(27)17-13-28-19(24-17)14-10-23-26(12-14)18-6-4-3-5-16(18)21/h3-6,10,12-13,15,22H,2,7-9,11H2,1H3/t15-/m1/s1. The Morgan fingerprint density at radius 2 is 2.29 bits per heavy atom. The van der Waals surface area contributed by atoms with Crippen LogP contribution in [0.15, 0.2) is 42.0 Å². The molecule has 1 atom stereocenters. The molecule has 8 heteroatoms. The van der Waals surface area contributed by atoms with Gasteiger partial charge in [0.1, 0.15) is 10.7 Å². The van der Waals surface area contributed by atoms with Gasteiger partial charge in [0, 0.05) is 36.3 Å². The molecule has 0 spiro atoms. The summed E-state index contributed by atoms with van der Waals surface area (Å²) in [5.74, 6) is 0.0107. The summed E-state index contributed by atoms with van der Waals surface area (Å²) >= 11 is 7.72. The van der Waals surface area contributed by atoms with Gasteiger partial charge in [0.25, 0.3) is 5.91 Å². The minimum atomic E-state index is 0.0107. The van der Waals surface area contributed by atoms with E-state index in [1.54, 1.807) is 10.9 Å². The van der Waals surface area contributed by atoms with Gasteiger partial charge in [-0.05, 0) is 31.5 Å². The molecule has 1 aliphatic rings. The molecule has 146 valence electrons. The van der Waals surface area contributed by atoms with Gasteiger partial charge in [0.05, 0.1) is 16.9 Å². The zero-order valence-electron chi connectivity index (χ0n) is 15.6. The Labute approximate surface area is 173 Å². The Kier molecular flexibility index (Phi) is 5.75. The molecule has 0 unspecified atom stereocenters. The van der Waals surface area contributed by atoms with Gasteiger partial charge in [-0.1, -0.05) is 30.7 Å². The minimum Gasteiger partial charge on any atom is -0.333 e. The number of aromatic nitrogens is 3. The van der Waals surface area contributed by atoms with Crippen molar-refractivity contribution < 1.29 is 4.79 Å². The van der Waals surface area contributed by atoms with Crippen molar-refractivity contribution in [3.05, 3.63) is 52.8 Å². The molecule has 4 rings (SSSR count). The van der Waals surface area contributed by atoms with Crippen LogP contribution in [0.4, 0.5) is 0 Å². The van der Waals surface area contributed by atoms with Crippen LogP contribution in [-0.4, -0.2) is 51.2 Å². The van der Waals surface area contributed by atoms with Crippen molar-refractivity contribution in [3.8, 4) is 16.3 Å². The maximum absolute atomic E-state index is 13.0. The van der Waals surface area contributed by atoms with E-state index in [1.807, 2.05) is 40.7 Å². The quantitative estimate of drug-likeness (QED) is 0.663. The summed E-state index contributed by atoms with van der Waals surface area (Å²) in [4.78, 5) is 19.6. The monoisotopic (exact) mass is 415 g/mol. The van der Waals surface area contributed by atoms with E-state index in [-0.39, 0.29) is 11.9 Å². The fraction of sp³-hybridized carbons (Fsp3) is 0.350. The van der Waals surface area contributed by atoms with Gasteiger partial charge >= 0.3 is 0 Å². The zero-order valence-corrected chi connectivity index (χ0v) is 17.2. The predicted octanol–water partition coefficient (Wildman–Crippen LogP) is 3.86. The number of amides is 1. The van der Waals surface area contributed by atoms with Gasteiger partial charge < -0.3 is 10.2 Å². The number of carbonyl (C=O) groups excluding carboxylic acids is 1. The number of halogens is 1. The molecule has 1 aromatic carbocycles. The highest BCUT2D eigenvalue weighted by molar-refractivity contribution is 7.13. The number of hydrogen-bond acceptors (Lipinski definition) is 5. The van der Waals surface area contributed by atoms with Crippen LogP contribution in [0.3, 0.4) is 0 Å². The van der Waals surface area contributed by atoms with E-state index in [9.17, 15) is 4.79 Å². The molecule has 1 aliphatic heterocycles. The highest BCUT2D eigenvalue weighted by atomic mass is 35.5. The Morgan fingerprint density at radius 3 is 3.04 bits per heavy atom. The number of hydrogen-bond donors (Lipinski definition) is 1. The molecule has 28 heavy (non-hydrogen) atoms. The lowest BCUT2D eigenvalue weighted by Gasteiger charge is -2.27. The zero-order chi connectivity index (χ0) is 19.5. The SMILES string of the molecule is CCCN(C(=O)c1csc(-c2cnn(-c3ccccc3Cl)c2)n1)[C@@H]1CCNC1. The lowest BCUT2D eigenvalue weighted by atomic mass is 10.2. The number of nitrogens with one attached hydrogen (secondary N) is 1. The smallest absolute Gasteiger partial charge is 0.273 e. The Morgan fingerprint density at radius 1 is 1.43 bits per heavy atom. The summed E-state index contributed by atoms with van der Waals surface area (Å²) in [6.07, 6.45) is 5.57. The van der Waals surface area contributed by atoms with Gasteiger partial charge in [-0.3, -0.25) is 4.79 Å². The van der Waals surface area contributed by atoms with Crippen molar-refractivity contribution >= 4 is 28.8 Å². The molecule has 0 bridgehead atoms. The summed E-state index contributed by atoms with van der Waals surface area (Å²) in [6, 6.07) is 7.80. The fourth-order valence-corrected chi connectivity index (χ4v) is 4.44. The lowest BCUT2D eigenvalue weighted by Crippen LogP contribution is -2.42.